The minimum Gasteiger partial charge on any atom is -0.481 e. The highest BCUT2D eigenvalue weighted by Gasteiger charge is 2.40. The van der Waals surface area contributed by atoms with Gasteiger partial charge in [0.15, 0.2) is 0 Å². The Bertz CT molecular complexity index is 1150. The summed E-state index contributed by atoms with van der Waals surface area (Å²) < 4.78 is 1.60. The molecule has 29 heavy (non-hydrogen) atoms. The largest absolute Gasteiger partial charge is 0.481 e. The molecular formula is C23H22N4O2. The van der Waals surface area contributed by atoms with Gasteiger partial charge in [0.05, 0.1) is 11.5 Å². The number of benzene rings is 3. The van der Waals surface area contributed by atoms with Gasteiger partial charge in [0, 0.05) is 11.4 Å². The highest BCUT2D eigenvalue weighted by molar-refractivity contribution is 5.86. The van der Waals surface area contributed by atoms with E-state index in [-0.39, 0.29) is 0 Å². The average molecular weight is 386 g/mol. The van der Waals surface area contributed by atoms with Crippen molar-refractivity contribution in [1.82, 2.24) is 14.8 Å². The van der Waals surface area contributed by atoms with Gasteiger partial charge in [-0.1, -0.05) is 42.5 Å². The third-order valence-corrected chi connectivity index (χ3v) is 5.18. The van der Waals surface area contributed by atoms with Gasteiger partial charge in [-0.3, -0.25) is 4.79 Å². The lowest BCUT2D eigenvalue weighted by Gasteiger charge is -2.31. The van der Waals surface area contributed by atoms with Gasteiger partial charge in [0.2, 0.25) is 0 Å². The van der Waals surface area contributed by atoms with Crippen molar-refractivity contribution in [3.63, 3.8) is 0 Å². The number of hydrogen-bond acceptors (Lipinski definition) is 4. The molecule has 0 saturated heterocycles. The molecule has 4 aromatic rings. The van der Waals surface area contributed by atoms with E-state index >= 15 is 0 Å². The smallest absolute Gasteiger partial charge is 0.311 e. The fourth-order valence-electron chi connectivity index (χ4n) is 3.59. The van der Waals surface area contributed by atoms with E-state index in [2.05, 4.69) is 39.7 Å². The van der Waals surface area contributed by atoms with Gasteiger partial charge >= 0.3 is 5.97 Å². The van der Waals surface area contributed by atoms with Crippen molar-refractivity contribution < 1.29 is 9.90 Å². The van der Waals surface area contributed by atoms with E-state index in [0.29, 0.717) is 0 Å². The van der Waals surface area contributed by atoms with E-state index in [1.54, 1.807) is 24.9 Å². The number of hydrogen-bond donors (Lipinski definition) is 2. The number of anilines is 2. The number of carboxylic acids is 1. The first kappa shape index (κ1) is 18.7. The van der Waals surface area contributed by atoms with Crippen LogP contribution in [0.25, 0.3) is 10.8 Å². The normalized spacial score (nSPS) is 12.6. The Hall–Kier alpha value is -3.67. The van der Waals surface area contributed by atoms with Gasteiger partial charge in [-0.2, -0.15) is 5.10 Å². The maximum absolute atomic E-state index is 12.0. The first-order valence-corrected chi connectivity index (χ1v) is 9.38. The Balaban J connectivity index is 1.70. The molecular weight excluding hydrogens is 364 g/mol. The number of nitrogens with zero attached hydrogens (tertiary/aromatic N) is 3. The van der Waals surface area contributed by atoms with Crippen LogP contribution >= 0.6 is 0 Å². The lowest BCUT2D eigenvalue weighted by Crippen LogP contribution is -2.35. The van der Waals surface area contributed by atoms with Crippen LogP contribution in [0.3, 0.4) is 0 Å². The van der Waals surface area contributed by atoms with Gasteiger partial charge in [0.1, 0.15) is 12.7 Å². The molecule has 1 unspecified atom stereocenters. The molecule has 4 rings (SSSR count). The van der Waals surface area contributed by atoms with Crippen molar-refractivity contribution in [2.45, 2.75) is 19.9 Å². The summed E-state index contributed by atoms with van der Waals surface area (Å²) in [5, 5.41) is 19.8. The van der Waals surface area contributed by atoms with E-state index in [1.165, 1.54) is 11.7 Å². The van der Waals surface area contributed by atoms with E-state index in [0.717, 1.165) is 22.3 Å². The van der Waals surface area contributed by atoms with Crippen molar-refractivity contribution in [3.05, 3.63) is 84.9 Å². The number of aliphatic carboxylic acids is 1. The van der Waals surface area contributed by atoms with Crippen molar-refractivity contribution >= 4 is 28.1 Å². The highest BCUT2D eigenvalue weighted by Crippen LogP contribution is 2.37. The minimum atomic E-state index is -1.07. The monoisotopic (exact) mass is 386 g/mol. The summed E-state index contributed by atoms with van der Waals surface area (Å²) in [5.74, 6) is -0.897. The van der Waals surface area contributed by atoms with Crippen LogP contribution < -0.4 is 5.32 Å². The summed E-state index contributed by atoms with van der Waals surface area (Å²) in [4.78, 5) is 16.0. The molecule has 0 aliphatic rings. The zero-order valence-electron chi connectivity index (χ0n) is 16.3. The molecule has 6 heteroatoms. The lowest BCUT2D eigenvalue weighted by atomic mass is 9.80. The molecule has 2 N–H and O–H groups in total. The molecule has 1 aromatic heterocycles. The maximum atomic E-state index is 12.0. The zero-order chi connectivity index (χ0) is 20.4. The summed E-state index contributed by atoms with van der Waals surface area (Å²) in [6, 6.07) is 21.7. The van der Waals surface area contributed by atoms with Gasteiger partial charge in [0.25, 0.3) is 0 Å². The number of nitrogens with one attached hydrogen (secondary N) is 1. The minimum absolute atomic E-state index is 0.499. The van der Waals surface area contributed by atoms with E-state index in [9.17, 15) is 9.90 Å². The molecule has 1 heterocycles. The second kappa shape index (κ2) is 7.39. The van der Waals surface area contributed by atoms with E-state index in [1.807, 2.05) is 42.5 Å². The third-order valence-electron chi connectivity index (χ3n) is 5.18. The van der Waals surface area contributed by atoms with Crippen molar-refractivity contribution in [2.75, 3.05) is 5.32 Å². The second-order valence-corrected chi connectivity index (χ2v) is 7.62. The van der Waals surface area contributed by atoms with E-state index < -0.39 is 17.4 Å². The van der Waals surface area contributed by atoms with Crippen LogP contribution in [-0.4, -0.2) is 25.8 Å². The lowest BCUT2D eigenvalue weighted by molar-refractivity contribution is -0.149. The summed E-state index contributed by atoms with van der Waals surface area (Å²) in [5.41, 5.74) is 1.61. The van der Waals surface area contributed by atoms with Crippen molar-refractivity contribution in [3.8, 4) is 0 Å². The number of carboxylic acid groups (broad SMARTS) is 1. The molecule has 0 aliphatic heterocycles. The average Bonchev–Trinajstić information content (AvgIpc) is 3.22. The van der Waals surface area contributed by atoms with Crippen LogP contribution in [-0.2, 0) is 4.79 Å². The summed E-state index contributed by atoms with van der Waals surface area (Å²) in [6.07, 6.45) is 2.97. The van der Waals surface area contributed by atoms with Gasteiger partial charge < -0.3 is 10.4 Å². The molecule has 6 nitrogen and oxygen atoms in total. The van der Waals surface area contributed by atoms with E-state index in [4.69, 9.17) is 0 Å². The third kappa shape index (κ3) is 3.69. The molecule has 0 fully saturated rings. The number of rotatable bonds is 6. The maximum Gasteiger partial charge on any atom is 0.311 e. The van der Waals surface area contributed by atoms with Crippen molar-refractivity contribution in [1.29, 1.82) is 0 Å². The standard InChI is InChI=1S/C23H22N4O2/c1-23(2,22(28)29)21(27-15-24-14-25-27)18-8-5-9-19(13-18)26-20-11-10-16-6-3-4-7-17(16)12-20/h3-15,21,26H,1-2H3,(H,28,29). The predicted octanol–water partition coefficient (Wildman–Crippen LogP) is 4.88. The predicted molar refractivity (Wildman–Crippen MR) is 113 cm³/mol. The molecule has 146 valence electrons. The van der Waals surface area contributed by atoms with Crippen LogP contribution in [0, 0.1) is 5.41 Å². The Labute approximate surface area is 168 Å². The summed E-state index contributed by atoms with van der Waals surface area (Å²) in [6.45, 7) is 3.40. The molecule has 0 spiro atoms. The highest BCUT2D eigenvalue weighted by atomic mass is 16.4. The van der Waals surface area contributed by atoms with Crippen LogP contribution in [0.2, 0.25) is 0 Å². The van der Waals surface area contributed by atoms with Crippen LogP contribution in [0.5, 0.6) is 0 Å². The number of aromatic nitrogens is 3. The summed E-state index contributed by atoms with van der Waals surface area (Å²) in [7, 11) is 0. The fourth-order valence-corrected chi connectivity index (χ4v) is 3.59. The second-order valence-electron chi connectivity index (χ2n) is 7.62. The van der Waals surface area contributed by atoms with Gasteiger partial charge in [-0.05, 0) is 54.4 Å². The Morgan fingerprint density at radius 2 is 1.76 bits per heavy atom. The topological polar surface area (TPSA) is 80.0 Å². The Morgan fingerprint density at radius 1 is 1.00 bits per heavy atom. The molecule has 0 aliphatic carbocycles. The van der Waals surface area contributed by atoms with Gasteiger partial charge in [-0.15, -0.1) is 0 Å². The van der Waals surface area contributed by atoms with Gasteiger partial charge in [-0.25, -0.2) is 9.67 Å². The first-order chi connectivity index (χ1) is 13.9. The molecule has 1 atom stereocenters. The van der Waals surface area contributed by atoms with Crippen LogP contribution in [0.15, 0.2) is 79.4 Å². The molecule has 0 amide bonds. The summed E-state index contributed by atoms with van der Waals surface area (Å²) >= 11 is 0. The zero-order valence-corrected chi connectivity index (χ0v) is 16.3. The first-order valence-electron chi connectivity index (χ1n) is 9.38. The van der Waals surface area contributed by atoms with Crippen molar-refractivity contribution in [2.24, 2.45) is 5.41 Å². The van der Waals surface area contributed by atoms with Crippen LogP contribution in [0.1, 0.15) is 25.5 Å². The quantitative estimate of drug-likeness (QED) is 0.494. The molecule has 3 aromatic carbocycles. The molecule has 0 bridgehead atoms. The molecule has 0 radical (unpaired) electrons. The fraction of sp³-hybridized carbons (Fsp3) is 0.174. The number of fused-ring (bicyclic) bond motifs is 1. The SMILES string of the molecule is CC(C)(C(=O)O)C(c1cccc(Nc2ccc3ccccc3c2)c1)n1cncn1. The van der Waals surface area contributed by atoms with Crippen LogP contribution in [0.4, 0.5) is 11.4 Å². The Morgan fingerprint density at radius 3 is 2.48 bits per heavy atom. The number of carbonyl (C=O) groups is 1. The Kier molecular flexibility index (Phi) is 4.76. The molecule has 0 saturated carbocycles.